The molecule has 0 aliphatic rings. The second-order valence-electron chi connectivity index (χ2n) is 6.51. The fraction of sp³-hybridized carbons (Fsp3) is 0.217. The van der Waals surface area contributed by atoms with E-state index in [0.29, 0.717) is 29.4 Å². The lowest BCUT2D eigenvalue weighted by Crippen LogP contribution is -2.30. The van der Waals surface area contributed by atoms with E-state index in [1.165, 1.54) is 0 Å². The van der Waals surface area contributed by atoms with Gasteiger partial charge in [-0.2, -0.15) is 0 Å². The number of nitrogens with zero attached hydrogens (tertiary/aromatic N) is 2. The quantitative estimate of drug-likeness (QED) is 0.626. The maximum atomic E-state index is 13.0. The smallest absolute Gasteiger partial charge is 0.259 e. The summed E-state index contributed by atoms with van der Waals surface area (Å²) in [6, 6.07) is 16.9. The van der Waals surface area contributed by atoms with Gasteiger partial charge in [0.1, 0.15) is 17.3 Å². The molecule has 0 aliphatic heterocycles. The highest BCUT2D eigenvalue weighted by molar-refractivity contribution is 6.06. The molecule has 0 spiro atoms. The molecular weight excluding hydrogens is 366 g/mol. The van der Waals surface area contributed by atoms with Crippen LogP contribution in [0.15, 0.2) is 60.8 Å². The minimum atomic E-state index is -0.0841. The van der Waals surface area contributed by atoms with Crippen molar-refractivity contribution in [2.24, 2.45) is 0 Å². The average molecular weight is 391 g/mol. The van der Waals surface area contributed by atoms with Crippen LogP contribution in [0.4, 0.5) is 17.2 Å². The van der Waals surface area contributed by atoms with E-state index in [1.807, 2.05) is 50.2 Å². The molecule has 6 nitrogen and oxygen atoms in total. The number of methoxy groups -OCH3 is 2. The third-order valence-corrected chi connectivity index (χ3v) is 4.56. The number of hydrogen-bond donors (Lipinski definition) is 1. The highest BCUT2D eigenvalue weighted by atomic mass is 16.5. The van der Waals surface area contributed by atoms with Gasteiger partial charge in [0.2, 0.25) is 0 Å². The molecule has 1 aromatic heterocycles. The Balaban J connectivity index is 1.78. The molecule has 2 aromatic carbocycles. The van der Waals surface area contributed by atoms with E-state index in [2.05, 4.69) is 10.3 Å². The van der Waals surface area contributed by atoms with Crippen molar-refractivity contribution in [2.75, 3.05) is 31.0 Å². The van der Waals surface area contributed by atoms with E-state index < -0.39 is 0 Å². The Kier molecular flexibility index (Phi) is 6.34. The fourth-order valence-corrected chi connectivity index (χ4v) is 3.03. The molecule has 0 radical (unpaired) electrons. The molecule has 0 saturated carbocycles. The number of aromatic nitrogens is 1. The summed E-state index contributed by atoms with van der Waals surface area (Å²) in [5.74, 6) is 1.88. The van der Waals surface area contributed by atoms with Gasteiger partial charge in [0.15, 0.2) is 0 Å². The van der Waals surface area contributed by atoms with E-state index in [1.54, 1.807) is 43.5 Å². The zero-order valence-electron chi connectivity index (χ0n) is 17.1. The molecule has 1 heterocycles. The summed E-state index contributed by atoms with van der Waals surface area (Å²) < 4.78 is 10.6. The zero-order chi connectivity index (χ0) is 20.8. The lowest BCUT2D eigenvalue weighted by Gasteiger charge is -2.21. The number of ether oxygens (including phenoxy) is 2. The van der Waals surface area contributed by atoms with Gasteiger partial charge in [0.05, 0.1) is 25.5 Å². The topological polar surface area (TPSA) is 63.7 Å². The van der Waals surface area contributed by atoms with Crippen LogP contribution < -0.4 is 19.7 Å². The summed E-state index contributed by atoms with van der Waals surface area (Å²) in [6.45, 7) is 4.54. The number of carbonyl (C=O) groups is 1. The zero-order valence-corrected chi connectivity index (χ0v) is 17.1. The van der Waals surface area contributed by atoms with Crippen LogP contribution in [0.5, 0.6) is 11.5 Å². The minimum Gasteiger partial charge on any atom is -0.497 e. The van der Waals surface area contributed by atoms with Gasteiger partial charge in [-0.15, -0.1) is 0 Å². The van der Waals surface area contributed by atoms with Crippen molar-refractivity contribution in [1.29, 1.82) is 0 Å². The normalized spacial score (nSPS) is 10.3. The molecule has 150 valence electrons. The second kappa shape index (κ2) is 9.10. The summed E-state index contributed by atoms with van der Waals surface area (Å²) in [4.78, 5) is 19.1. The number of hydrogen-bond acceptors (Lipinski definition) is 5. The van der Waals surface area contributed by atoms with Crippen LogP contribution in [0.25, 0.3) is 0 Å². The third kappa shape index (κ3) is 4.66. The maximum absolute atomic E-state index is 13.0. The van der Waals surface area contributed by atoms with Gasteiger partial charge in [-0.1, -0.05) is 12.1 Å². The molecule has 0 fully saturated rings. The largest absolute Gasteiger partial charge is 0.497 e. The Bertz CT molecular complexity index is 987. The SMILES string of the molecule is CCN(C(=O)c1ccc(Nc2ccc(OC)cc2OC)nc1)c1cccc(C)c1. The first kappa shape index (κ1) is 20.2. The van der Waals surface area contributed by atoms with Crippen LogP contribution in [-0.2, 0) is 0 Å². The number of rotatable bonds is 7. The van der Waals surface area contributed by atoms with Crippen LogP contribution in [0.2, 0.25) is 0 Å². The van der Waals surface area contributed by atoms with Gasteiger partial charge in [-0.25, -0.2) is 4.98 Å². The first-order valence-corrected chi connectivity index (χ1v) is 9.39. The molecule has 1 N–H and O–H groups in total. The Morgan fingerprint density at radius 3 is 2.52 bits per heavy atom. The number of amides is 1. The van der Waals surface area contributed by atoms with Crippen molar-refractivity contribution in [3.8, 4) is 11.5 Å². The summed E-state index contributed by atoms with van der Waals surface area (Å²) in [7, 11) is 3.20. The molecule has 0 aliphatic carbocycles. The molecule has 29 heavy (non-hydrogen) atoms. The standard InChI is InChI=1S/C23H25N3O3/c1-5-26(18-8-6-7-16(2)13-18)23(27)17-9-12-22(24-15-17)25-20-11-10-19(28-3)14-21(20)29-4/h6-15H,5H2,1-4H3,(H,24,25). The van der Waals surface area contributed by atoms with E-state index in [-0.39, 0.29) is 5.91 Å². The van der Waals surface area contributed by atoms with E-state index in [9.17, 15) is 4.79 Å². The van der Waals surface area contributed by atoms with E-state index >= 15 is 0 Å². The predicted molar refractivity (Wildman–Crippen MR) is 116 cm³/mol. The first-order chi connectivity index (χ1) is 14.0. The van der Waals surface area contributed by atoms with Crippen molar-refractivity contribution in [3.05, 3.63) is 71.9 Å². The number of benzene rings is 2. The number of carbonyl (C=O) groups excluding carboxylic acids is 1. The summed E-state index contributed by atoms with van der Waals surface area (Å²) in [5.41, 5.74) is 3.28. The monoisotopic (exact) mass is 391 g/mol. The number of aryl methyl sites for hydroxylation is 1. The van der Waals surface area contributed by atoms with Crippen molar-refractivity contribution < 1.29 is 14.3 Å². The molecule has 0 unspecified atom stereocenters. The minimum absolute atomic E-state index is 0.0841. The van der Waals surface area contributed by atoms with Crippen LogP contribution in [0.3, 0.4) is 0 Å². The van der Waals surface area contributed by atoms with Crippen LogP contribution in [-0.4, -0.2) is 31.7 Å². The molecule has 0 saturated heterocycles. The molecule has 1 amide bonds. The Labute approximate surface area is 171 Å². The second-order valence-corrected chi connectivity index (χ2v) is 6.51. The fourth-order valence-electron chi connectivity index (χ4n) is 3.03. The van der Waals surface area contributed by atoms with Crippen molar-refractivity contribution in [2.45, 2.75) is 13.8 Å². The molecule has 0 atom stereocenters. The first-order valence-electron chi connectivity index (χ1n) is 9.39. The van der Waals surface area contributed by atoms with Crippen LogP contribution in [0, 0.1) is 6.92 Å². The summed E-state index contributed by atoms with van der Waals surface area (Å²) >= 11 is 0. The van der Waals surface area contributed by atoms with Gasteiger partial charge < -0.3 is 19.7 Å². The Morgan fingerprint density at radius 1 is 1.07 bits per heavy atom. The molecule has 3 aromatic rings. The highest BCUT2D eigenvalue weighted by Crippen LogP contribution is 2.31. The van der Waals surface area contributed by atoms with E-state index in [4.69, 9.17) is 9.47 Å². The van der Waals surface area contributed by atoms with Gasteiger partial charge >= 0.3 is 0 Å². The molecule has 3 rings (SSSR count). The summed E-state index contributed by atoms with van der Waals surface area (Å²) in [5, 5.41) is 3.21. The Morgan fingerprint density at radius 2 is 1.90 bits per heavy atom. The number of pyridine rings is 1. The highest BCUT2D eigenvalue weighted by Gasteiger charge is 2.17. The predicted octanol–water partition coefficient (Wildman–Crippen LogP) is 4.82. The molecule has 6 heteroatoms. The maximum Gasteiger partial charge on any atom is 0.259 e. The molecule has 0 bridgehead atoms. The van der Waals surface area contributed by atoms with Crippen molar-refractivity contribution in [1.82, 2.24) is 4.98 Å². The number of anilines is 3. The van der Waals surface area contributed by atoms with Gasteiger partial charge in [0, 0.05) is 24.5 Å². The lowest BCUT2D eigenvalue weighted by molar-refractivity contribution is 0.0988. The van der Waals surface area contributed by atoms with E-state index in [0.717, 1.165) is 16.9 Å². The number of nitrogens with one attached hydrogen (secondary N) is 1. The molecular formula is C23H25N3O3. The average Bonchev–Trinajstić information content (AvgIpc) is 2.75. The van der Waals surface area contributed by atoms with Gasteiger partial charge in [0.25, 0.3) is 5.91 Å². The third-order valence-electron chi connectivity index (χ3n) is 4.56. The summed E-state index contributed by atoms with van der Waals surface area (Å²) in [6.07, 6.45) is 1.58. The van der Waals surface area contributed by atoms with Crippen LogP contribution >= 0.6 is 0 Å². The van der Waals surface area contributed by atoms with Crippen LogP contribution in [0.1, 0.15) is 22.8 Å². The van der Waals surface area contributed by atoms with Gasteiger partial charge in [-0.3, -0.25) is 4.79 Å². The Hall–Kier alpha value is -3.54. The van der Waals surface area contributed by atoms with Crippen molar-refractivity contribution in [3.63, 3.8) is 0 Å². The van der Waals surface area contributed by atoms with Gasteiger partial charge in [-0.05, 0) is 55.8 Å². The lowest BCUT2D eigenvalue weighted by atomic mass is 10.1. The van der Waals surface area contributed by atoms with Crippen molar-refractivity contribution >= 4 is 23.1 Å².